The number of benzene rings is 8. The second-order valence-electron chi connectivity index (χ2n) is 14.0. The van der Waals surface area contributed by atoms with Crippen LogP contribution in [0.25, 0.3) is 122 Å². The maximum absolute atomic E-state index is 6.56. The molecule has 12 rings (SSSR count). The zero-order valence-electron chi connectivity index (χ0n) is 29.2. The van der Waals surface area contributed by atoms with E-state index >= 15 is 0 Å². The molecule has 0 radical (unpaired) electrons. The van der Waals surface area contributed by atoms with E-state index < -0.39 is 0 Å². The Kier molecular flexibility index (Phi) is 6.24. The first-order valence-electron chi connectivity index (χ1n) is 18.2. The fourth-order valence-corrected chi connectivity index (χ4v) is 8.05. The Labute approximate surface area is 312 Å². The predicted molar refractivity (Wildman–Crippen MR) is 221 cm³/mol. The zero-order valence-corrected chi connectivity index (χ0v) is 29.2. The number of nitrogens with zero attached hydrogens (tertiary/aromatic N) is 3. The Morgan fingerprint density at radius 2 is 0.764 bits per heavy atom. The molecule has 0 unspecified atom stereocenters. The lowest BCUT2D eigenvalue weighted by molar-refractivity contribution is 0.668. The molecule has 6 nitrogen and oxygen atoms in total. The highest BCUT2D eigenvalue weighted by molar-refractivity contribution is 6.14. The predicted octanol–water partition coefficient (Wildman–Crippen LogP) is 13.4. The van der Waals surface area contributed by atoms with Crippen molar-refractivity contribution in [2.24, 2.45) is 0 Å². The maximum Gasteiger partial charge on any atom is 0.164 e. The molecular weight excluding hydrogens is 679 g/mol. The molecule has 0 amide bonds. The number of fused-ring (bicyclic) bond motifs is 10. The standard InChI is InChI=1S/C49H27N3O3/c1-2-10-29-23-31(18-17-28(29)9-1)47-50-48(32-20-22-37-35-12-4-7-15-41(35)54-44(37)26-32)52-49(51-47)39-24-33(27-45-46(39)38-13-5-8-16-42(38)55-45)30-19-21-36-34-11-3-6-14-40(34)53-43(36)25-30/h1-27H. The van der Waals surface area contributed by atoms with Gasteiger partial charge in [0.1, 0.15) is 33.5 Å². The molecule has 0 aliphatic carbocycles. The molecule has 0 saturated carbocycles. The number of hydrogen-bond donors (Lipinski definition) is 0. The molecule has 4 heterocycles. The van der Waals surface area contributed by atoms with Crippen molar-refractivity contribution in [3.63, 3.8) is 0 Å². The minimum absolute atomic E-state index is 0.543. The van der Waals surface area contributed by atoms with Crippen LogP contribution in [0.3, 0.4) is 0 Å². The number of rotatable bonds is 4. The smallest absolute Gasteiger partial charge is 0.164 e. The van der Waals surface area contributed by atoms with E-state index in [1.165, 1.54) is 0 Å². The maximum atomic E-state index is 6.56. The van der Waals surface area contributed by atoms with Crippen LogP contribution in [-0.4, -0.2) is 15.0 Å². The van der Waals surface area contributed by atoms with Gasteiger partial charge in [-0.1, -0.05) is 103 Å². The summed E-state index contributed by atoms with van der Waals surface area (Å²) in [6.07, 6.45) is 0. The lowest BCUT2D eigenvalue weighted by Crippen LogP contribution is -2.01. The summed E-state index contributed by atoms with van der Waals surface area (Å²) in [5.74, 6) is 1.66. The molecule has 12 aromatic rings. The summed E-state index contributed by atoms with van der Waals surface area (Å²) >= 11 is 0. The van der Waals surface area contributed by atoms with E-state index in [1.807, 2.05) is 66.7 Å². The SMILES string of the molecule is c1ccc2cc(-c3nc(-c4ccc5c(c4)oc4ccccc45)nc(-c4cc(-c5ccc6c(c5)oc5ccccc56)cc5oc6ccccc6c45)n3)ccc2c1. The largest absolute Gasteiger partial charge is 0.456 e. The Hall–Kier alpha value is -7.57. The van der Waals surface area contributed by atoms with Crippen LogP contribution in [0.4, 0.5) is 0 Å². The highest BCUT2D eigenvalue weighted by atomic mass is 16.3. The van der Waals surface area contributed by atoms with Gasteiger partial charge in [-0.2, -0.15) is 0 Å². The van der Waals surface area contributed by atoms with E-state index in [0.29, 0.717) is 17.5 Å². The lowest BCUT2D eigenvalue weighted by Gasteiger charge is -2.11. The van der Waals surface area contributed by atoms with E-state index in [0.717, 1.165) is 104 Å². The summed E-state index contributed by atoms with van der Waals surface area (Å²) in [4.78, 5) is 15.6. The summed E-state index contributed by atoms with van der Waals surface area (Å²) in [7, 11) is 0. The first kappa shape index (κ1) is 29.9. The Morgan fingerprint density at radius 3 is 1.47 bits per heavy atom. The van der Waals surface area contributed by atoms with Crippen LogP contribution < -0.4 is 0 Å². The monoisotopic (exact) mass is 705 g/mol. The number of aromatic nitrogens is 3. The van der Waals surface area contributed by atoms with Crippen molar-refractivity contribution < 1.29 is 13.3 Å². The Morgan fingerprint density at radius 1 is 0.291 bits per heavy atom. The number of para-hydroxylation sites is 3. The van der Waals surface area contributed by atoms with Gasteiger partial charge in [-0.15, -0.1) is 0 Å². The first-order valence-corrected chi connectivity index (χ1v) is 18.2. The zero-order chi connectivity index (χ0) is 36.0. The molecule has 0 fully saturated rings. The highest BCUT2D eigenvalue weighted by Gasteiger charge is 2.21. The molecule has 0 aliphatic heterocycles. The fraction of sp³-hybridized carbons (Fsp3) is 0. The van der Waals surface area contributed by atoms with Crippen LogP contribution >= 0.6 is 0 Å². The first-order chi connectivity index (χ1) is 27.2. The molecule has 6 heteroatoms. The summed E-state index contributed by atoms with van der Waals surface area (Å²) in [5, 5.41) is 8.48. The van der Waals surface area contributed by atoms with E-state index in [9.17, 15) is 0 Å². The molecular formula is C49H27N3O3. The van der Waals surface area contributed by atoms with Crippen molar-refractivity contribution >= 4 is 76.6 Å². The third-order valence-corrected chi connectivity index (χ3v) is 10.7. The van der Waals surface area contributed by atoms with Crippen LogP contribution in [0.2, 0.25) is 0 Å². The van der Waals surface area contributed by atoms with Gasteiger partial charge in [-0.05, 0) is 82.6 Å². The molecule has 0 N–H and O–H groups in total. The van der Waals surface area contributed by atoms with Gasteiger partial charge < -0.3 is 13.3 Å². The van der Waals surface area contributed by atoms with E-state index in [1.54, 1.807) is 0 Å². The van der Waals surface area contributed by atoms with Gasteiger partial charge in [0.15, 0.2) is 17.5 Å². The van der Waals surface area contributed by atoms with Crippen LogP contribution in [0.1, 0.15) is 0 Å². The van der Waals surface area contributed by atoms with E-state index in [2.05, 4.69) is 97.1 Å². The van der Waals surface area contributed by atoms with Gasteiger partial charge in [-0.3, -0.25) is 0 Å². The Balaban J connectivity index is 1.12. The van der Waals surface area contributed by atoms with Crippen LogP contribution in [0, 0.1) is 0 Å². The second kappa shape index (κ2) is 11.5. The van der Waals surface area contributed by atoms with Gasteiger partial charge in [0, 0.05) is 49.0 Å². The van der Waals surface area contributed by atoms with Crippen molar-refractivity contribution in [2.75, 3.05) is 0 Å². The third kappa shape index (κ3) is 4.71. The molecule has 256 valence electrons. The van der Waals surface area contributed by atoms with Crippen LogP contribution in [0.15, 0.2) is 177 Å². The number of hydrogen-bond acceptors (Lipinski definition) is 6. The van der Waals surface area contributed by atoms with Gasteiger partial charge >= 0.3 is 0 Å². The molecule has 55 heavy (non-hydrogen) atoms. The topological polar surface area (TPSA) is 78.1 Å². The fourth-order valence-electron chi connectivity index (χ4n) is 8.05. The van der Waals surface area contributed by atoms with Gasteiger partial charge in [0.05, 0.1) is 0 Å². The van der Waals surface area contributed by atoms with Gasteiger partial charge in [0.2, 0.25) is 0 Å². The van der Waals surface area contributed by atoms with E-state index in [4.69, 9.17) is 28.2 Å². The lowest BCUT2D eigenvalue weighted by atomic mass is 9.97. The third-order valence-electron chi connectivity index (χ3n) is 10.7. The minimum Gasteiger partial charge on any atom is -0.456 e. The quantitative estimate of drug-likeness (QED) is 0.181. The molecule has 8 aromatic carbocycles. The summed E-state index contributed by atoms with van der Waals surface area (Å²) < 4.78 is 19.2. The van der Waals surface area contributed by atoms with Crippen molar-refractivity contribution in [3.05, 3.63) is 164 Å². The molecule has 0 bridgehead atoms. The van der Waals surface area contributed by atoms with Crippen LogP contribution in [-0.2, 0) is 0 Å². The van der Waals surface area contributed by atoms with Crippen LogP contribution in [0.5, 0.6) is 0 Å². The summed E-state index contributed by atoms with van der Waals surface area (Å²) in [5.41, 5.74) is 9.38. The van der Waals surface area contributed by atoms with Crippen molar-refractivity contribution in [1.29, 1.82) is 0 Å². The molecule has 4 aromatic heterocycles. The average molecular weight is 706 g/mol. The normalized spacial score (nSPS) is 12.0. The highest BCUT2D eigenvalue weighted by Crippen LogP contribution is 2.41. The molecule has 0 spiro atoms. The van der Waals surface area contributed by atoms with Crippen molar-refractivity contribution in [1.82, 2.24) is 15.0 Å². The van der Waals surface area contributed by atoms with Gasteiger partial charge in [0.25, 0.3) is 0 Å². The van der Waals surface area contributed by atoms with Crippen molar-refractivity contribution in [2.45, 2.75) is 0 Å². The molecule has 0 saturated heterocycles. The van der Waals surface area contributed by atoms with E-state index in [-0.39, 0.29) is 0 Å². The molecule has 0 aliphatic rings. The van der Waals surface area contributed by atoms with Crippen molar-refractivity contribution in [3.8, 4) is 45.3 Å². The minimum atomic E-state index is 0.543. The van der Waals surface area contributed by atoms with Gasteiger partial charge in [-0.25, -0.2) is 15.0 Å². The summed E-state index contributed by atoms with van der Waals surface area (Å²) in [6.45, 7) is 0. The summed E-state index contributed by atoms with van der Waals surface area (Å²) in [6, 6.07) is 55.8. The number of furan rings is 3. The Bertz CT molecular complexity index is 3520. The average Bonchev–Trinajstić information content (AvgIpc) is 3.93. The molecule has 0 atom stereocenters. The second-order valence-corrected chi connectivity index (χ2v) is 14.0.